The Hall–Kier alpha value is -1.00. The molecule has 0 aliphatic carbocycles. The monoisotopic (exact) mass is 264 g/mol. The maximum absolute atomic E-state index is 12.0. The van der Waals surface area contributed by atoms with Crippen LogP contribution in [0.1, 0.15) is 24.8 Å². The molecule has 1 N–H and O–H groups in total. The van der Waals surface area contributed by atoms with Crippen molar-refractivity contribution in [2.45, 2.75) is 30.9 Å². The van der Waals surface area contributed by atoms with Crippen LogP contribution in [-0.2, 0) is 11.2 Å². The minimum absolute atomic E-state index is 0.00378. The number of rotatable bonds is 4. The topological polar surface area (TPSA) is 32.3 Å². The summed E-state index contributed by atoms with van der Waals surface area (Å²) in [5.41, 5.74) is 4.10. The van der Waals surface area contributed by atoms with Crippen molar-refractivity contribution >= 4 is 18.5 Å². The summed E-state index contributed by atoms with van der Waals surface area (Å²) in [5.74, 6) is 0.00378. The quantitative estimate of drug-likeness (QED) is 0.816. The van der Waals surface area contributed by atoms with Crippen molar-refractivity contribution in [2.24, 2.45) is 0 Å². The number of carbonyl (C=O) groups is 1. The normalized spacial score (nSPS) is 18.3. The van der Waals surface area contributed by atoms with Crippen LogP contribution in [0, 0.1) is 0 Å². The lowest BCUT2D eigenvalue weighted by atomic mass is 10.1. The van der Waals surface area contributed by atoms with E-state index >= 15 is 0 Å². The van der Waals surface area contributed by atoms with Gasteiger partial charge in [0, 0.05) is 13.1 Å². The van der Waals surface area contributed by atoms with E-state index in [-0.39, 0.29) is 11.2 Å². The molecule has 0 radical (unpaired) electrons. The van der Waals surface area contributed by atoms with Gasteiger partial charge in [-0.15, -0.1) is 0 Å². The standard InChI is InChI=1S/C14H20N2OS/c17-14(15-16-9-5-2-6-10-16)13(18)11-12-7-3-1-4-8-12/h1,3-4,7-8,13,18H,2,5-6,9-11H2,(H,15,17). The number of carbonyl (C=O) groups excluding carboxylic acids is 1. The predicted molar refractivity (Wildman–Crippen MR) is 76.5 cm³/mol. The van der Waals surface area contributed by atoms with Gasteiger partial charge in [0.25, 0.3) is 0 Å². The third-order valence-electron chi connectivity index (χ3n) is 3.20. The fraction of sp³-hybridized carbons (Fsp3) is 0.500. The molecule has 0 bridgehead atoms. The molecular formula is C14H20N2OS. The molecule has 98 valence electrons. The number of benzene rings is 1. The second kappa shape index (κ2) is 6.81. The maximum atomic E-state index is 12.0. The van der Waals surface area contributed by atoms with E-state index in [1.807, 2.05) is 35.3 Å². The zero-order valence-electron chi connectivity index (χ0n) is 10.5. The van der Waals surface area contributed by atoms with E-state index in [4.69, 9.17) is 0 Å². The number of piperidine rings is 1. The second-order valence-electron chi connectivity index (χ2n) is 4.73. The van der Waals surface area contributed by atoms with Crippen LogP contribution in [0.25, 0.3) is 0 Å². The molecule has 0 aromatic heterocycles. The van der Waals surface area contributed by atoms with Gasteiger partial charge in [0.15, 0.2) is 0 Å². The van der Waals surface area contributed by atoms with E-state index in [1.165, 1.54) is 6.42 Å². The minimum atomic E-state index is -0.283. The van der Waals surface area contributed by atoms with Crippen molar-refractivity contribution in [3.05, 3.63) is 35.9 Å². The average molecular weight is 264 g/mol. The molecule has 1 atom stereocenters. The van der Waals surface area contributed by atoms with Crippen LogP contribution in [0.5, 0.6) is 0 Å². The van der Waals surface area contributed by atoms with Crippen LogP contribution in [0.3, 0.4) is 0 Å². The van der Waals surface area contributed by atoms with E-state index in [2.05, 4.69) is 18.1 Å². The number of hydrogen-bond acceptors (Lipinski definition) is 3. The fourth-order valence-corrected chi connectivity index (χ4v) is 2.43. The summed E-state index contributed by atoms with van der Waals surface area (Å²) < 4.78 is 0. The molecule has 2 rings (SSSR count). The molecule has 18 heavy (non-hydrogen) atoms. The number of hydrogen-bond donors (Lipinski definition) is 2. The highest BCUT2D eigenvalue weighted by Gasteiger charge is 2.18. The summed E-state index contributed by atoms with van der Waals surface area (Å²) >= 11 is 4.40. The van der Waals surface area contributed by atoms with Crippen molar-refractivity contribution in [2.75, 3.05) is 13.1 Å². The molecule has 1 heterocycles. The Bertz CT molecular complexity index is 377. The van der Waals surface area contributed by atoms with Gasteiger partial charge in [-0.1, -0.05) is 36.8 Å². The van der Waals surface area contributed by atoms with Gasteiger partial charge in [0.1, 0.15) is 0 Å². The van der Waals surface area contributed by atoms with E-state index in [1.54, 1.807) is 0 Å². The van der Waals surface area contributed by atoms with Gasteiger partial charge in [0.2, 0.25) is 5.91 Å². The van der Waals surface area contributed by atoms with E-state index in [0.29, 0.717) is 6.42 Å². The van der Waals surface area contributed by atoms with Crippen LogP contribution in [0.2, 0.25) is 0 Å². The zero-order valence-corrected chi connectivity index (χ0v) is 11.4. The number of nitrogens with one attached hydrogen (secondary N) is 1. The number of nitrogens with zero attached hydrogens (tertiary/aromatic N) is 1. The highest BCUT2D eigenvalue weighted by Crippen LogP contribution is 2.10. The van der Waals surface area contributed by atoms with E-state index in [9.17, 15) is 4.79 Å². The van der Waals surface area contributed by atoms with Crippen molar-refractivity contribution < 1.29 is 4.79 Å². The van der Waals surface area contributed by atoms with Crippen LogP contribution in [-0.4, -0.2) is 29.3 Å². The number of amides is 1. The summed E-state index contributed by atoms with van der Waals surface area (Å²) in [4.78, 5) is 12.0. The van der Waals surface area contributed by atoms with Gasteiger partial charge in [0.05, 0.1) is 5.25 Å². The van der Waals surface area contributed by atoms with Crippen LogP contribution in [0.4, 0.5) is 0 Å². The van der Waals surface area contributed by atoms with Crippen LogP contribution >= 0.6 is 12.6 Å². The van der Waals surface area contributed by atoms with Crippen molar-refractivity contribution in [3.63, 3.8) is 0 Å². The third kappa shape index (κ3) is 4.03. The fourth-order valence-electron chi connectivity index (χ4n) is 2.17. The first-order chi connectivity index (χ1) is 8.75. The zero-order chi connectivity index (χ0) is 12.8. The molecule has 1 aromatic rings. The lowest BCUT2D eigenvalue weighted by Crippen LogP contribution is -2.48. The highest BCUT2D eigenvalue weighted by atomic mass is 32.1. The van der Waals surface area contributed by atoms with Crippen molar-refractivity contribution in [1.29, 1.82) is 0 Å². The number of thiol groups is 1. The average Bonchev–Trinajstić information content (AvgIpc) is 2.41. The Labute approximate surface area is 114 Å². The first-order valence-corrected chi connectivity index (χ1v) is 7.05. The van der Waals surface area contributed by atoms with E-state index < -0.39 is 0 Å². The molecule has 1 aliphatic heterocycles. The molecule has 1 aliphatic rings. The van der Waals surface area contributed by atoms with Gasteiger partial charge < -0.3 is 0 Å². The largest absolute Gasteiger partial charge is 0.288 e. The lowest BCUT2D eigenvalue weighted by molar-refractivity contribution is -0.125. The molecule has 0 saturated carbocycles. The van der Waals surface area contributed by atoms with Crippen LogP contribution in [0.15, 0.2) is 30.3 Å². The molecule has 4 heteroatoms. The van der Waals surface area contributed by atoms with Gasteiger partial charge >= 0.3 is 0 Å². The second-order valence-corrected chi connectivity index (χ2v) is 5.35. The van der Waals surface area contributed by atoms with Crippen molar-refractivity contribution in [1.82, 2.24) is 10.4 Å². The Morgan fingerprint density at radius 3 is 2.56 bits per heavy atom. The first-order valence-electron chi connectivity index (χ1n) is 6.53. The molecule has 0 spiro atoms. The Kier molecular flexibility index (Phi) is 5.08. The minimum Gasteiger partial charge on any atom is -0.288 e. The smallest absolute Gasteiger partial charge is 0.247 e. The Balaban J connectivity index is 1.81. The summed E-state index contributed by atoms with van der Waals surface area (Å²) in [6.45, 7) is 1.91. The molecular weight excluding hydrogens is 244 g/mol. The SMILES string of the molecule is O=C(NN1CCCCC1)C(S)Cc1ccccc1. The molecule has 1 saturated heterocycles. The molecule has 3 nitrogen and oxygen atoms in total. The van der Waals surface area contributed by atoms with Gasteiger partial charge in [-0.25, -0.2) is 5.01 Å². The van der Waals surface area contributed by atoms with E-state index in [0.717, 1.165) is 31.5 Å². The summed E-state index contributed by atoms with van der Waals surface area (Å²) in [6, 6.07) is 10.00. The first kappa shape index (κ1) is 13.4. The lowest BCUT2D eigenvalue weighted by Gasteiger charge is -2.27. The number of hydrazine groups is 1. The van der Waals surface area contributed by atoms with Crippen LogP contribution < -0.4 is 5.43 Å². The van der Waals surface area contributed by atoms with Gasteiger partial charge in [-0.3, -0.25) is 10.2 Å². The molecule has 1 unspecified atom stereocenters. The molecule has 1 amide bonds. The van der Waals surface area contributed by atoms with Gasteiger partial charge in [-0.05, 0) is 24.8 Å². The third-order valence-corrected chi connectivity index (χ3v) is 3.62. The Morgan fingerprint density at radius 1 is 1.22 bits per heavy atom. The van der Waals surface area contributed by atoms with Gasteiger partial charge in [-0.2, -0.15) is 12.6 Å². The molecule has 1 aromatic carbocycles. The summed E-state index contributed by atoms with van der Waals surface area (Å²) in [7, 11) is 0. The summed E-state index contributed by atoms with van der Waals surface area (Å²) in [5, 5.41) is 1.73. The Morgan fingerprint density at radius 2 is 1.89 bits per heavy atom. The highest BCUT2D eigenvalue weighted by molar-refractivity contribution is 7.81. The maximum Gasteiger partial charge on any atom is 0.247 e. The predicted octanol–water partition coefficient (Wildman–Crippen LogP) is 2.04. The molecule has 1 fully saturated rings. The summed E-state index contributed by atoms with van der Waals surface area (Å²) in [6.07, 6.45) is 4.26. The van der Waals surface area contributed by atoms with Crippen molar-refractivity contribution in [3.8, 4) is 0 Å².